The predicted octanol–water partition coefficient (Wildman–Crippen LogP) is 1.21. The molecule has 6 heteroatoms. The summed E-state index contributed by atoms with van der Waals surface area (Å²) in [4.78, 5) is 21.9. The van der Waals surface area contributed by atoms with Crippen LogP contribution in [0.1, 0.15) is 13.3 Å². The Bertz CT molecular complexity index is 267. The summed E-state index contributed by atoms with van der Waals surface area (Å²) in [6, 6.07) is 0. The summed E-state index contributed by atoms with van der Waals surface area (Å²) in [5.74, 6) is -5.15. The van der Waals surface area contributed by atoms with Crippen LogP contribution in [0.25, 0.3) is 0 Å². The highest BCUT2D eigenvalue weighted by Gasteiger charge is 2.48. The van der Waals surface area contributed by atoms with E-state index in [-0.39, 0.29) is 13.0 Å². The molecule has 1 amide bonds. The van der Waals surface area contributed by atoms with Crippen LogP contribution < -0.4 is 0 Å². The summed E-state index contributed by atoms with van der Waals surface area (Å²) in [6.45, 7) is 0.219. The van der Waals surface area contributed by atoms with Crippen molar-refractivity contribution in [2.45, 2.75) is 19.3 Å². The molecule has 14 heavy (non-hydrogen) atoms. The average Bonchev–Trinajstić information content (AvgIpc) is 2.01. The topological polar surface area (TPSA) is 57.6 Å². The van der Waals surface area contributed by atoms with Crippen LogP contribution in [0, 0.1) is 5.92 Å². The number of Topliss-reactive ketones (excluding diaryl/α,β-unsaturated/α-hetero) is 1. The lowest BCUT2D eigenvalue weighted by molar-refractivity contribution is -0.145. The van der Waals surface area contributed by atoms with Crippen LogP contribution in [-0.2, 0) is 4.79 Å². The molecule has 4 nitrogen and oxygen atoms in total. The number of carbonyl (C=O) groups is 2. The summed E-state index contributed by atoms with van der Waals surface area (Å²) in [7, 11) is 0. The van der Waals surface area contributed by atoms with E-state index in [0.717, 1.165) is 6.92 Å². The number of piperidine rings is 1. The first-order chi connectivity index (χ1) is 6.34. The Morgan fingerprint density at radius 3 is 2.43 bits per heavy atom. The van der Waals surface area contributed by atoms with Gasteiger partial charge in [0.2, 0.25) is 0 Å². The van der Waals surface area contributed by atoms with E-state index in [1.807, 2.05) is 0 Å². The van der Waals surface area contributed by atoms with Crippen molar-refractivity contribution in [3.8, 4) is 0 Å². The Morgan fingerprint density at radius 2 is 2.07 bits per heavy atom. The van der Waals surface area contributed by atoms with Gasteiger partial charge in [0, 0.05) is 6.54 Å². The number of rotatable bonds is 1. The molecular formula is C8H11F2NO3. The average molecular weight is 207 g/mol. The standard InChI is InChI=1S/C8H11F2NO3/c1-5(12)6-2-3-11(7(13)14)4-8(6,9)10/h6H,2-4H2,1H3,(H,13,14). The minimum Gasteiger partial charge on any atom is -0.465 e. The highest BCUT2D eigenvalue weighted by molar-refractivity contribution is 5.80. The first-order valence-corrected chi connectivity index (χ1v) is 4.21. The molecule has 80 valence electrons. The molecule has 1 aliphatic rings. The maximum absolute atomic E-state index is 13.2. The number of hydrogen-bond donors (Lipinski definition) is 1. The molecule has 0 saturated carbocycles. The fourth-order valence-corrected chi connectivity index (χ4v) is 1.60. The Hall–Kier alpha value is -1.20. The molecule has 0 aromatic rings. The van der Waals surface area contributed by atoms with Gasteiger partial charge >= 0.3 is 6.09 Å². The van der Waals surface area contributed by atoms with Crippen LogP contribution in [0.4, 0.5) is 13.6 Å². The molecule has 1 unspecified atom stereocenters. The third kappa shape index (κ3) is 2.00. The Morgan fingerprint density at radius 1 is 1.50 bits per heavy atom. The number of nitrogens with zero attached hydrogens (tertiary/aromatic N) is 1. The van der Waals surface area contributed by atoms with Gasteiger partial charge in [0.25, 0.3) is 5.92 Å². The van der Waals surface area contributed by atoms with Gasteiger partial charge in [0.1, 0.15) is 5.78 Å². The van der Waals surface area contributed by atoms with Crippen molar-refractivity contribution in [3.05, 3.63) is 0 Å². The van der Waals surface area contributed by atoms with Gasteiger partial charge in [0.15, 0.2) is 0 Å². The predicted molar refractivity (Wildman–Crippen MR) is 43.3 cm³/mol. The van der Waals surface area contributed by atoms with E-state index >= 15 is 0 Å². The molecular weight excluding hydrogens is 196 g/mol. The molecule has 0 aliphatic carbocycles. The van der Waals surface area contributed by atoms with Crippen LogP contribution in [0.3, 0.4) is 0 Å². The van der Waals surface area contributed by atoms with Crippen molar-refractivity contribution in [2.24, 2.45) is 5.92 Å². The Balaban J connectivity index is 2.75. The van der Waals surface area contributed by atoms with E-state index in [4.69, 9.17) is 5.11 Å². The Kier molecular flexibility index (Phi) is 2.73. The molecule has 1 heterocycles. The van der Waals surface area contributed by atoms with Gasteiger partial charge in [-0.2, -0.15) is 0 Å². The molecule has 1 rings (SSSR count). The van der Waals surface area contributed by atoms with Gasteiger partial charge in [-0.15, -0.1) is 0 Å². The molecule has 1 aliphatic heterocycles. The summed E-state index contributed by atoms with van der Waals surface area (Å²) < 4.78 is 26.4. The third-order valence-corrected chi connectivity index (χ3v) is 2.36. The van der Waals surface area contributed by atoms with Crippen LogP contribution in [0.2, 0.25) is 0 Å². The number of carbonyl (C=O) groups excluding carboxylic acids is 1. The number of alkyl halides is 2. The first kappa shape index (κ1) is 10.9. The molecule has 0 aromatic carbocycles. The van der Waals surface area contributed by atoms with Crippen LogP contribution in [0.15, 0.2) is 0 Å². The molecule has 1 saturated heterocycles. The summed E-state index contributed by atoms with van der Waals surface area (Å²) in [5, 5.41) is 8.50. The van der Waals surface area contributed by atoms with E-state index < -0.39 is 30.3 Å². The third-order valence-electron chi connectivity index (χ3n) is 2.36. The summed E-state index contributed by atoms with van der Waals surface area (Å²) in [6.07, 6.45) is -1.47. The number of likely N-dealkylation sites (tertiary alicyclic amines) is 1. The van der Waals surface area contributed by atoms with Gasteiger partial charge in [-0.3, -0.25) is 4.79 Å². The van der Waals surface area contributed by atoms with Crippen molar-refractivity contribution in [2.75, 3.05) is 13.1 Å². The summed E-state index contributed by atoms with van der Waals surface area (Å²) >= 11 is 0. The van der Waals surface area contributed by atoms with Gasteiger partial charge in [-0.25, -0.2) is 13.6 Å². The molecule has 0 radical (unpaired) electrons. The van der Waals surface area contributed by atoms with Crippen LogP contribution in [-0.4, -0.2) is 40.9 Å². The fourth-order valence-electron chi connectivity index (χ4n) is 1.60. The second-order valence-electron chi connectivity index (χ2n) is 3.42. The van der Waals surface area contributed by atoms with Crippen molar-refractivity contribution in [1.29, 1.82) is 0 Å². The van der Waals surface area contributed by atoms with E-state index in [9.17, 15) is 18.4 Å². The lowest BCUT2D eigenvalue weighted by Gasteiger charge is -2.35. The number of hydrogen-bond acceptors (Lipinski definition) is 2. The second kappa shape index (κ2) is 3.51. The monoisotopic (exact) mass is 207 g/mol. The minimum absolute atomic E-state index is 0.00479. The second-order valence-corrected chi connectivity index (χ2v) is 3.42. The van der Waals surface area contributed by atoms with E-state index in [1.54, 1.807) is 0 Å². The van der Waals surface area contributed by atoms with E-state index in [0.29, 0.717) is 4.90 Å². The highest BCUT2D eigenvalue weighted by Crippen LogP contribution is 2.33. The zero-order chi connectivity index (χ0) is 10.9. The molecule has 0 spiro atoms. The zero-order valence-corrected chi connectivity index (χ0v) is 7.67. The van der Waals surface area contributed by atoms with Gasteiger partial charge in [-0.1, -0.05) is 0 Å². The van der Waals surface area contributed by atoms with Crippen molar-refractivity contribution >= 4 is 11.9 Å². The minimum atomic E-state index is -3.23. The summed E-state index contributed by atoms with van der Waals surface area (Å²) in [5.41, 5.74) is 0. The van der Waals surface area contributed by atoms with E-state index in [1.165, 1.54) is 0 Å². The first-order valence-electron chi connectivity index (χ1n) is 4.21. The maximum atomic E-state index is 13.2. The SMILES string of the molecule is CC(=O)C1CCN(C(=O)O)CC1(F)F. The maximum Gasteiger partial charge on any atom is 0.407 e. The molecule has 1 atom stereocenters. The number of amides is 1. The van der Waals surface area contributed by atoms with Gasteiger partial charge < -0.3 is 10.0 Å². The fraction of sp³-hybridized carbons (Fsp3) is 0.750. The Labute approximate surface area is 79.5 Å². The zero-order valence-electron chi connectivity index (χ0n) is 7.67. The molecule has 0 aromatic heterocycles. The van der Waals surface area contributed by atoms with Crippen LogP contribution in [0.5, 0.6) is 0 Å². The number of halogens is 2. The van der Waals surface area contributed by atoms with Gasteiger partial charge in [0.05, 0.1) is 12.5 Å². The molecule has 1 fully saturated rings. The number of carboxylic acid groups (broad SMARTS) is 1. The van der Waals surface area contributed by atoms with Crippen molar-refractivity contribution < 1.29 is 23.5 Å². The normalized spacial score (nSPS) is 25.9. The quantitative estimate of drug-likeness (QED) is 0.703. The lowest BCUT2D eigenvalue weighted by atomic mass is 9.90. The van der Waals surface area contributed by atoms with Crippen molar-refractivity contribution in [3.63, 3.8) is 0 Å². The van der Waals surface area contributed by atoms with Crippen LogP contribution >= 0.6 is 0 Å². The van der Waals surface area contributed by atoms with Gasteiger partial charge in [-0.05, 0) is 13.3 Å². The lowest BCUT2D eigenvalue weighted by Crippen LogP contribution is -2.52. The van der Waals surface area contributed by atoms with Crippen molar-refractivity contribution in [1.82, 2.24) is 4.90 Å². The smallest absolute Gasteiger partial charge is 0.407 e. The number of ketones is 1. The molecule has 0 bridgehead atoms. The molecule has 1 N–H and O–H groups in total. The van der Waals surface area contributed by atoms with E-state index in [2.05, 4.69) is 0 Å². The largest absolute Gasteiger partial charge is 0.465 e. The highest BCUT2D eigenvalue weighted by atomic mass is 19.3.